The van der Waals surface area contributed by atoms with E-state index in [0.717, 1.165) is 0 Å². The van der Waals surface area contributed by atoms with Gasteiger partial charge in [-0.15, -0.1) is 0 Å². The molecule has 7 nitrogen and oxygen atoms in total. The molecule has 0 unspecified atom stereocenters. The first-order valence-electron chi connectivity index (χ1n) is 5.29. The molecule has 0 aliphatic heterocycles. The number of carboxylic acids is 1. The van der Waals surface area contributed by atoms with Crippen LogP contribution in [-0.4, -0.2) is 11.1 Å². The van der Waals surface area contributed by atoms with E-state index in [9.17, 15) is 4.79 Å². The van der Waals surface area contributed by atoms with Gasteiger partial charge in [-0.3, -0.25) is 0 Å². The third kappa shape index (κ3) is 3.05. The molecule has 0 fully saturated rings. The Balaban J connectivity index is 2.09. The number of benzene rings is 1. The Morgan fingerprint density at radius 3 is 2.84 bits per heavy atom. The number of nitrogens with zero attached hydrogens (tertiary/aromatic N) is 3. The van der Waals surface area contributed by atoms with Crippen LogP contribution in [-0.2, 0) is 6.61 Å². The van der Waals surface area contributed by atoms with Gasteiger partial charge in [-0.2, -0.15) is 0 Å². The summed E-state index contributed by atoms with van der Waals surface area (Å²) in [7, 11) is 0. The lowest BCUT2D eigenvalue weighted by molar-refractivity contribution is 0.0658. The van der Waals surface area contributed by atoms with Gasteiger partial charge in [0.25, 0.3) is 0 Å². The molecule has 1 N–H and O–H groups in total. The summed E-state index contributed by atoms with van der Waals surface area (Å²) in [5, 5.41) is 12.2. The lowest BCUT2D eigenvalue weighted by Gasteiger charge is -2.06. The Morgan fingerprint density at radius 2 is 2.16 bits per heavy atom. The Labute approximate surface area is 107 Å². The summed E-state index contributed by atoms with van der Waals surface area (Å²) in [5.41, 5.74) is 8.77. The fourth-order valence-electron chi connectivity index (χ4n) is 1.43. The molecule has 1 aromatic heterocycles. The van der Waals surface area contributed by atoms with E-state index in [2.05, 4.69) is 10.0 Å². The summed E-state index contributed by atoms with van der Waals surface area (Å²) in [6, 6.07) is 9.56. The summed E-state index contributed by atoms with van der Waals surface area (Å²) in [6.07, 6.45) is 0. The molecule has 0 saturated carbocycles. The molecule has 2 rings (SSSR count). The van der Waals surface area contributed by atoms with Gasteiger partial charge in [-0.1, -0.05) is 17.2 Å². The molecule has 0 aliphatic rings. The number of rotatable bonds is 5. The van der Waals surface area contributed by atoms with Gasteiger partial charge in [0.15, 0.2) is 0 Å². The van der Waals surface area contributed by atoms with E-state index in [0.29, 0.717) is 17.2 Å². The van der Waals surface area contributed by atoms with Crippen LogP contribution in [0.2, 0.25) is 0 Å². The maximum Gasteiger partial charge on any atom is 0.371 e. The van der Waals surface area contributed by atoms with Crippen LogP contribution < -0.4 is 4.74 Å². The van der Waals surface area contributed by atoms with Gasteiger partial charge in [-0.05, 0) is 29.8 Å². The van der Waals surface area contributed by atoms with Crippen molar-refractivity contribution in [3.63, 3.8) is 0 Å². The molecular formula is C12H9N3O4. The first-order chi connectivity index (χ1) is 9.20. The van der Waals surface area contributed by atoms with Gasteiger partial charge >= 0.3 is 5.97 Å². The smallest absolute Gasteiger partial charge is 0.371 e. The molecule has 0 amide bonds. The van der Waals surface area contributed by atoms with Gasteiger partial charge in [0.2, 0.25) is 5.76 Å². The van der Waals surface area contributed by atoms with E-state index in [1.54, 1.807) is 24.3 Å². The number of carboxylic acid groups (broad SMARTS) is 1. The summed E-state index contributed by atoms with van der Waals surface area (Å²) < 4.78 is 10.5. The lowest BCUT2D eigenvalue weighted by Crippen LogP contribution is -1.95. The number of carbonyl (C=O) groups is 1. The van der Waals surface area contributed by atoms with Crippen molar-refractivity contribution in [2.45, 2.75) is 6.61 Å². The number of para-hydroxylation sites is 1. The van der Waals surface area contributed by atoms with Crippen molar-refractivity contribution in [1.29, 1.82) is 0 Å². The van der Waals surface area contributed by atoms with E-state index in [4.69, 9.17) is 19.8 Å². The van der Waals surface area contributed by atoms with Crippen LogP contribution in [0.3, 0.4) is 0 Å². The van der Waals surface area contributed by atoms with Crippen molar-refractivity contribution < 1.29 is 19.1 Å². The second kappa shape index (κ2) is 5.61. The minimum atomic E-state index is -1.14. The molecule has 0 radical (unpaired) electrons. The Kier molecular flexibility index (Phi) is 3.70. The van der Waals surface area contributed by atoms with Gasteiger partial charge in [0.1, 0.15) is 18.1 Å². The van der Waals surface area contributed by atoms with Crippen molar-refractivity contribution in [1.82, 2.24) is 0 Å². The van der Waals surface area contributed by atoms with Crippen LogP contribution in [0.15, 0.2) is 45.9 Å². The van der Waals surface area contributed by atoms with Crippen molar-refractivity contribution in [2.75, 3.05) is 0 Å². The number of azide groups is 1. The molecule has 0 aliphatic carbocycles. The average Bonchev–Trinajstić information content (AvgIpc) is 2.87. The molecule has 1 heterocycles. The Hall–Kier alpha value is -2.92. The largest absolute Gasteiger partial charge is 0.485 e. The first-order valence-corrected chi connectivity index (χ1v) is 5.29. The highest BCUT2D eigenvalue weighted by Crippen LogP contribution is 2.27. The predicted molar refractivity (Wildman–Crippen MR) is 65.2 cm³/mol. The maximum atomic E-state index is 10.6. The molecule has 7 heteroatoms. The molecule has 0 atom stereocenters. The normalized spacial score (nSPS) is 9.68. The number of ether oxygens (including phenoxy) is 1. The quantitative estimate of drug-likeness (QED) is 0.503. The number of furan rings is 1. The summed E-state index contributed by atoms with van der Waals surface area (Å²) in [4.78, 5) is 13.3. The fraction of sp³-hybridized carbons (Fsp3) is 0.0833. The number of aromatic carboxylic acids is 1. The lowest BCUT2D eigenvalue weighted by atomic mass is 10.3. The standard InChI is InChI=1S/C12H9N3O4/c13-15-14-9-3-1-2-4-10(9)18-7-8-5-6-11(19-8)12(16)17/h1-6H,7H2,(H,16,17). The van der Waals surface area contributed by atoms with Crippen LogP contribution in [0, 0.1) is 0 Å². The maximum absolute atomic E-state index is 10.6. The zero-order valence-corrected chi connectivity index (χ0v) is 9.68. The van der Waals surface area contributed by atoms with Crippen LogP contribution >= 0.6 is 0 Å². The van der Waals surface area contributed by atoms with Crippen molar-refractivity contribution in [3.05, 3.63) is 58.4 Å². The van der Waals surface area contributed by atoms with Crippen LogP contribution in [0.1, 0.15) is 16.3 Å². The zero-order valence-electron chi connectivity index (χ0n) is 9.68. The molecule has 96 valence electrons. The summed E-state index contributed by atoms with van der Waals surface area (Å²) in [6.45, 7) is 0.0469. The average molecular weight is 259 g/mol. The highest BCUT2D eigenvalue weighted by atomic mass is 16.5. The topological polar surface area (TPSA) is 108 Å². The van der Waals surface area contributed by atoms with Gasteiger partial charge in [0.05, 0.1) is 5.69 Å². The Bertz CT molecular complexity index is 644. The minimum absolute atomic E-state index is 0.0469. The molecular weight excluding hydrogens is 250 g/mol. The molecule has 0 saturated heterocycles. The van der Waals surface area contributed by atoms with Gasteiger partial charge < -0.3 is 14.3 Å². The van der Waals surface area contributed by atoms with E-state index in [1.165, 1.54) is 12.1 Å². The molecule has 2 aromatic rings. The highest BCUT2D eigenvalue weighted by Gasteiger charge is 2.09. The number of hydrogen-bond acceptors (Lipinski definition) is 4. The van der Waals surface area contributed by atoms with Crippen molar-refractivity contribution in [3.8, 4) is 5.75 Å². The van der Waals surface area contributed by atoms with Crippen LogP contribution in [0.5, 0.6) is 5.75 Å². The highest BCUT2D eigenvalue weighted by molar-refractivity contribution is 5.84. The molecule has 0 bridgehead atoms. The summed E-state index contributed by atoms with van der Waals surface area (Å²) in [5.74, 6) is -0.524. The fourth-order valence-corrected chi connectivity index (χ4v) is 1.43. The van der Waals surface area contributed by atoms with Crippen molar-refractivity contribution >= 4 is 11.7 Å². The SMILES string of the molecule is [N-]=[N+]=Nc1ccccc1OCc1ccc(C(=O)O)o1. The summed E-state index contributed by atoms with van der Waals surface area (Å²) >= 11 is 0. The van der Waals surface area contributed by atoms with Crippen LogP contribution in [0.4, 0.5) is 5.69 Å². The van der Waals surface area contributed by atoms with Crippen molar-refractivity contribution in [2.24, 2.45) is 5.11 Å². The zero-order chi connectivity index (χ0) is 13.7. The van der Waals surface area contributed by atoms with Crippen LogP contribution in [0.25, 0.3) is 10.4 Å². The second-order valence-electron chi connectivity index (χ2n) is 3.52. The first kappa shape index (κ1) is 12.5. The van der Waals surface area contributed by atoms with E-state index < -0.39 is 5.97 Å². The monoisotopic (exact) mass is 259 g/mol. The Morgan fingerprint density at radius 1 is 1.37 bits per heavy atom. The minimum Gasteiger partial charge on any atom is -0.485 e. The van der Waals surface area contributed by atoms with E-state index in [-0.39, 0.29) is 12.4 Å². The van der Waals surface area contributed by atoms with E-state index in [1.807, 2.05) is 0 Å². The van der Waals surface area contributed by atoms with Gasteiger partial charge in [-0.25, -0.2) is 4.79 Å². The molecule has 0 spiro atoms. The van der Waals surface area contributed by atoms with Gasteiger partial charge in [0, 0.05) is 4.91 Å². The second-order valence-corrected chi connectivity index (χ2v) is 3.52. The number of hydrogen-bond donors (Lipinski definition) is 1. The molecule has 1 aromatic carbocycles. The third-order valence-electron chi connectivity index (χ3n) is 2.26. The molecule has 19 heavy (non-hydrogen) atoms. The van der Waals surface area contributed by atoms with E-state index >= 15 is 0 Å². The predicted octanol–water partition coefficient (Wildman–Crippen LogP) is 3.50. The third-order valence-corrected chi connectivity index (χ3v) is 2.26.